The molecule has 0 aliphatic carbocycles. The van der Waals surface area contributed by atoms with Crippen LogP contribution >= 0.6 is 22.9 Å². The Morgan fingerprint density at radius 3 is 2.76 bits per heavy atom. The summed E-state index contributed by atoms with van der Waals surface area (Å²) in [7, 11) is 0. The molecule has 0 atom stereocenters. The van der Waals surface area contributed by atoms with Gasteiger partial charge in [0.15, 0.2) is 5.13 Å². The minimum Gasteiger partial charge on any atom is -0.362 e. The number of nitrogens with zero attached hydrogens (tertiary/aromatic N) is 3. The smallest absolute Gasteiger partial charge is 0.224 e. The van der Waals surface area contributed by atoms with Crippen molar-refractivity contribution < 1.29 is 0 Å². The van der Waals surface area contributed by atoms with Crippen molar-refractivity contribution >= 4 is 34.0 Å². The molecular weight excluding hydrogens is 404 g/mol. The lowest BCUT2D eigenvalue weighted by molar-refractivity contribution is 0.477. The molecular formula is C21H25ClN6S. The Morgan fingerprint density at radius 1 is 1.17 bits per heavy atom. The van der Waals surface area contributed by atoms with E-state index in [1.54, 1.807) is 11.3 Å². The molecule has 3 aromatic rings. The van der Waals surface area contributed by atoms with Crippen molar-refractivity contribution in [3.8, 4) is 21.8 Å². The third-order valence-corrected chi connectivity index (χ3v) is 6.14. The minimum atomic E-state index is 0.369. The Kier molecular flexibility index (Phi) is 6.59. The van der Waals surface area contributed by atoms with Gasteiger partial charge in [0, 0.05) is 29.4 Å². The van der Waals surface area contributed by atoms with Gasteiger partial charge < -0.3 is 16.0 Å². The van der Waals surface area contributed by atoms with Crippen LogP contribution in [0.15, 0.2) is 36.5 Å². The van der Waals surface area contributed by atoms with Crippen LogP contribution in [-0.2, 0) is 0 Å². The number of aromatic nitrogens is 3. The number of benzene rings is 1. The molecule has 6 nitrogen and oxygen atoms in total. The molecule has 3 N–H and O–H groups in total. The zero-order chi connectivity index (χ0) is 20.1. The molecule has 0 bridgehead atoms. The summed E-state index contributed by atoms with van der Waals surface area (Å²) in [6.45, 7) is 5.07. The summed E-state index contributed by atoms with van der Waals surface area (Å²) in [6.07, 6.45) is 5.04. The fourth-order valence-electron chi connectivity index (χ4n) is 3.30. The predicted octanol–water partition coefficient (Wildman–Crippen LogP) is 4.91. The van der Waals surface area contributed by atoms with E-state index in [2.05, 4.69) is 27.9 Å². The van der Waals surface area contributed by atoms with E-state index < -0.39 is 0 Å². The van der Waals surface area contributed by atoms with Crippen LogP contribution in [0.2, 0.25) is 5.02 Å². The Bertz CT molecular complexity index is 954. The lowest BCUT2D eigenvalue weighted by Gasteiger charge is -2.24. The van der Waals surface area contributed by atoms with Crippen LogP contribution in [0.5, 0.6) is 0 Å². The maximum absolute atomic E-state index is 6.45. The molecule has 0 spiro atoms. The van der Waals surface area contributed by atoms with Gasteiger partial charge in [0.1, 0.15) is 0 Å². The molecule has 1 saturated heterocycles. The van der Waals surface area contributed by atoms with Crippen molar-refractivity contribution in [3.63, 3.8) is 0 Å². The summed E-state index contributed by atoms with van der Waals surface area (Å²) in [5, 5.41) is 11.8. The summed E-state index contributed by atoms with van der Waals surface area (Å²) >= 11 is 8.06. The number of hydrogen-bond donors (Lipinski definition) is 3. The van der Waals surface area contributed by atoms with E-state index in [-0.39, 0.29) is 0 Å². The zero-order valence-corrected chi connectivity index (χ0v) is 18.0. The molecule has 4 rings (SSSR count). The normalized spacial score (nSPS) is 14.7. The molecule has 0 saturated carbocycles. The van der Waals surface area contributed by atoms with Crippen molar-refractivity contribution in [1.29, 1.82) is 0 Å². The van der Waals surface area contributed by atoms with Crippen molar-refractivity contribution in [3.05, 3.63) is 41.6 Å². The summed E-state index contributed by atoms with van der Waals surface area (Å²) < 4.78 is 0. The van der Waals surface area contributed by atoms with E-state index in [1.807, 2.05) is 36.5 Å². The van der Waals surface area contributed by atoms with E-state index in [0.29, 0.717) is 17.0 Å². The molecule has 0 unspecified atom stereocenters. The molecule has 0 amide bonds. The first-order valence-corrected chi connectivity index (χ1v) is 11.2. The number of thiazole rings is 1. The third kappa shape index (κ3) is 5.04. The highest BCUT2D eigenvalue weighted by molar-refractivity contribution is 7.18. The molecule has 29 heavy (non-hydrogen) atoms. The number of anilines is 2. The van der Waals surface area contributed by atoms with Crippen LogP contribution in [0.25, 0.3) is 21.8 Å². The van der Waals surface area contributed by atoms with Crippen LogP contribution in [0.1, 0.15) is 26.2 Å². The molecule has 2 aromatic heterocycles. The average Bonchev–Trinajstić information content (AvgIpc) is 3.22. The van der Waals surface area contributed by atoms with Gasteiger partial charge in [0.05, 0.1) is 16.3 Å². The van der Waals surface area contributed by atoms with Gasteiger partial charge in [-0.3, -0.25) is 0 Å². The quantitative estimate of drug-likeness (QED) is 0.496. The van der Waals surface area contributed by atoms with E-state index in [4.69, 9.17) is 21.6 Å². The second kappa shape index (κ2) is 9.52. The van der Waals surface area contributed by atoms with Crippen LogP contribution < -0.4 is 16.0 Å². The molecule has 0 radical (unpaired) electrons. The van der Waals surface area contributed by atoms with Crippen LogP contribution in [0.3, 0.4) is 0 Å². The predicted molar refractivity (Wildman–Crippen MR) is 122 cm³/mol. The van der Waals surface area contributed by atoms with Crippen molar-refractivity contribution in [2.75, 3.05) is 30.3 Å². The fourth-order valence-corrected chi connectivity index (χ4v) is 4.33. The first kappa shape index (κ1) is 20.1. The Morgan fingerprint density at radius 2 is 1.97 bits per heavy atom. The van der Waals surface area contributed by atoms with Gasteiger partial charge in [-0.15, -0.1) is 0 Å². The number of hydrogen-bond acceptors (Lipinski definition) is 7. The van der Waals surface area contributed by atoms with Crippen LogP contribution in [0, 0.1) is 0 Å². The van der Waals surface area contributed by atoms with Crippen LogP contribution in [-0.4, -0.2) is 40.6 Å². The van der Waals surface area contributed by atoms with Crippen molar-refractivity contribution in [1.82, 2.24) is 20.3 Å². The maximum atomic E-state index is 6.45. The Hall–Kier alpha value is -2.22. The lowest BCUT2D eigenvalue weighted by atomic mass is 10.1. The highest BCUT2D eigenvalue weighted by Crippen LogP contribution is 2.33. The summed E-state index contributed by atoms with van der Waals surface area (Å²) in [4.78, 5) is 15.1. The molecule has 1 aliphatic rings. The highest BCUT2D eigenvalue weighted by atomic mass is 35.5. The Labute approximate surface area is 180 Å². The summed E-state index contributed by atoms with van der Waals surface area (Å²) in [5.74, 6) is 0.640. The molecule has 1 aliphatic heterocycles. The monoisotopic (exact) mass is 428 g/mol. The SMILES string of the molecule is CCCNc1ncc(-c2cc(-c3ccccc3Cl)nc(NC3CCNCC3)n2)s1. The van der Waals surface area contributed by atoms with E-state index in [9.17, 15) is 0 Å². The zero-order valence-electron chi connectivity index (χ0n) is 16.4. The average molecular weight is 429 g/mol. The maximum Gasteiger partial charge on any atom is 0.224 e. The largest absolute Gasteiger partial charge is 0.362 e. The third-order valence-electron chi connectivity index (χ3n) is 4.83. The first-order chi connectivity index (χ1) is 14.2. The lowest BCUT2D eigenvalue weighted by Crippen LogP contribution is -2.35. The molecule has 8 heteroatoms. The number of nitrogens with one attached hydrogen (secondary N) is 3. The van der Waals surface area contributed by atoms with E-state index in [0.717, 1.165) is 65.9 Å². The van der Waals surface area contributed by atoms with Gasteiger partial charge in [0.2, 0.25) is 5.95 Å². The number of rotatable bonds is 7. The van der Waals surface area contributed by atoms with Crippen molar-refractivity contribution in [2.45, 2.75) is 32.2 Å². The van der Waals surface area contributed by atoms with Gasteiger partial charge >= 0.3 is 0 Å². The fraction of sp³-hybridized carbons (Fsp3) is 0.381. The Balaban J connectivity index is 1.69. The van der Waals surface area contributed by atoms with Crippen LogP contribution in [0.4, 0.5) is 11.1 Å². The first-order valence-electron chi connectivity index (χ1n) is 10.0. The molecule has 152 valence electrons. The minimum absolute atomic E-state index is 0.369. The van der Waals surface area contributed by atoms with Gasteiger partial charge in [-0.1, -0.05) is 48.1 Å². The summed E-state index contributed by atoms with van der Waals surface area (Å²) in [5.41, 5.74) is 2.57. The summed E-state index contributed by atoms with van der Waals surface area (Å²) in [6, 6.07) is 10.1. The van der Waals surface area contributed by atoms with E-state index >= 15 is 0 Å². The highest BCUT2D eigenvalue weighted by Gasteiger charge is 2.17. The number of halogens is 1. The second-order valence-electron chi connectivity index (χ2n) is 7.07. The van der Waals surface area contributed by atoms with Gasteiger partial charge in [-0.05, 0) is 44.5 Å². The topological polar surface area (TPSA) is 74.8 Å². The van der Waals surface area contributed by atoms with E-state index in [1.165, 1.54) is 0 Å². The standard InChI is InChI=1S/C21H25ClN6S/c1-2-9-24-21-25-13-19(29-21)18-12-17(15-5-3-4-6-16(15)22)27-20(28-18)26-14-7-10-23-11-8-14/h3-6,12-14,23H,2,7-11H2,1H3,(H,24,25)(H,26,27,28). The van der Waals surface area contributed by atoms with Crippen molar-refractivity contribution in [2.24, 2.45) is 0 Å². The molecule has 1 aromatic carbocycles. The second-order valence-corrected chi connectivity index (χ2v) is 8.50. The van der Waals surface area contributed by atoms with Gasteiger partial charge in [-0.25, -0.2) is 15.0 Å². The molecule has 3 heterocycles. The van der Waals surface area contributed by atoms with Gasteiger partial charge in [0.25, 0.3) is 0 Å². The van der Waals surface area contributed by atoms with Gasteiger partial charge in [-0.2, -0.15) is 0 Å². The number of piperidine rings is 1. The molecule has 1 fully saturated rings.